The SMILES string of the molecule is CCc1cc(OS(=O)(=O)CC23CCC(CC2=O)C3(C)C)n(-c2cccc(Cl)c2)n1. The van der Waals surface area contributed by atoms with Crippen LogP contribution in [0.4, 0.5) is 0 Å². The highest BCUT2D eigenvalue weighted by molar-refractivity contribution is 7.87. The molecule has 2 atom stereocenters. The molecule has 2 unspecified atom stereocenters. The maximum absolute atomic E-state index is 13.1. The van der Waals surface area contributed by atoms with Gasteiger partial charge < -0.3 is 4.18 Å². The van der Waals surface area contributed by atoms with Crippen LogP contribution in [0, 0.1) is 16.7 Å². The van der Waals surface area contributed by atoms with Crippen molar-refractivity contribution in [3.05, 3.63) is 41.0 Å². The quantitative estimate of drug-likeness (QED) is 0.634. The van der Waals surface area contributed by atoms with Crippen LogP contribution in [0.3, 0.4) is 0 Å². The number of aryl methyl sites for hydroxylation is 1. The van der Waals surface area contributed by atoms with E-state index < -0.39 is 15.5 Å². The molecule has 0 radical (unpaired) electrons. The maximum Gasteiger partial charge on any atom is 0.311 e. The van der Waals surface area contributed by atoms with Gasteiger partial charge in [0.05, 0.1) is 22.5 Å². The number of fused-ring (bicyclic) bond motifs is 2. The third-order valence-corrected chi connectivity index (χ3v) is 8.42. The lowest BCUT2D eigenvalue weighted by molar-refractivity contribution is -0.128. The van der Waals surface area contributed by atoms with Gasteiger partial charge in [-0.3, -0.25) is 4.79 Å². The Labute approximate surface area is 176 Å². The van der Waals surface area contributed by atoms with Crippen LogP contribution in [-0.4, -0.2) is 29.7 Å². The Balaban J connectivity index is 1.67. The normalized spacial score (nSPS) is 25.5. The molecule has 2 aromatic rings. The van der Waals surface area contributed by atoms with E-state index in [-0.39, 0.29) is 28.7 Å². The summed E-state index contributed by atoms with van der Waals surface area (Å²) in [5.41, 5.74) is 0.0955. The average Bonchev–Trinajstić information content (AvgIpc) is 3.20. The van der Waals surface area contributed by atoms with Crippen molar-refractivity contribution in [2.45, 2.75) is 46.5 Å². The van der Waals surface area contributed by atoms with Crippen molar-refractivity contribution in [3.63, 3.8) is 0 Å². The molecule has 29 heavy (non-hydrogen) atoms. The molecule has 1 aromatic carbocycles. The maximum atomic E-state index is 13.1. The fourth-order valence-corrected chi connectivity index (χ4v) is 6.91. The van der Waals surface area contributed by atoms with Crippen molar-refractivity contribution >= 4 is 27.5 Å². The number of aromatic nitrogens is 2. The zero-order chi connectivity index (χ0) is 21.0. The van der Waals surface area contributed by atoms with E-state index in [1.54, 1.807) is 30.3 Å². The minimum absolute atomic E-state index is 0.0449. The van der Waals surface area contributed by atoms with Crippen molar-refractivity contribution in [1.29, 1.82) is 0 Å². The molecule has 6 nitrogen and oxygen atoms in total. The predicted octanol–water partition coefficient (Wildman–Crippen LogP) is 4.19. The van der Waals surface area contributed by atoms with Gasteiger partial charge in [-0.15, -0.1) is 0 Å². The van der Waals surface area contributed by atoms with Crippen molar-refractivity contribution in [3.8, 4) is 11.6 Å². The molecule has 0 aliphatic heterocycles. The Morgan fingerprint density at radius 3 is 2.66 bits per heavy atom. The highest BCUT2D eigenvalue weighted by atomic mass is 35.5. The van der Waals surface area contributed by atoms with E-state index >= 15 is 0 Å². The van der Waals surface area contributed by atoms with E-state index in [0.717, 1.165) is 6.42 Å². The predicted molar refractivity (Wildman–Crippen MR) is 111 cm³/mol. The number of halogens is 1. The summed E-state index contributed by atoms with van der Waals surface area (Å²) in [6.45, 7) is 5.95. The molecule has 2 fully saturated rings. The number of benzene rings is 1. The van der Waals surface area contributed by atoms with Crippen LogP contribution < -0.4 is 4.18 Å². The minimum Gasteiger partial charge on any atom is -0.361 e. The van der Waals surface area contributed by atoms with Gasteiger partial charge in [0.15, 0.2) is 0 Å². The highest BCUT2D eigenvalue weighted by Gasteiger charge is 2.65. The fourth-order valence-electron chi connectivity index (χ4n) is 5.00. The highest BCUT2D eigenvalue weighted by Crippen LogP contribution is 2.64. The van der Waals surface area contributed by atoms with Crippen LogP contribution in [0.25, 0.3) is 5.69 Å². The molecule has 8 heteroatoms. The van der Waals surface area contributed by atoms with E-state index in [9.17, 15) is 13.2 Å². The van der Waals surface area contributed by atoms with Gasteiger partial charge in [-0.2, -0.15) is 18.2 Å². The molecule has 2 aliphatic rings. The Hall–Kier alpha value is -1.86. The van der Waals surface area contributed by atoms with Crippen molar-refractivity contribution < 1.29 is 17.4 Å². The molecule has 2 bridgehead atoms. The van der Waals surface area contributed by atoms with Crippen LogP contribution in [0.5, 0.6) is 5.88 Å². The van der Waals surface area contributed by atoms with Crippen molar-refractivity contribution in [1.82, 2.24) is 9.78 Å². The number of hydrogen-bond acceptors (Lipinski definition) is 5. The summed E-state index contributed by atoms with van der Waals surface area (Å²) in [5.74, 6) is 0.0977. The molecular formula is C21H25ClN2O4S. The fraction of sp³-hybridized carbons (Fsp3) is 0.524. The lowest BCUT2D eigenvalue weighted by atomic mass is 9.70. The van der Waals surface area contributed by atoms with Gasteiger partial charge in [0.2, 0.25) is 5.88 Å². The minimum atomic E-state index is -4.02. The first-order valence-corrected chi connectivity index (χ1v) is 11.8. The first-order valence-electron chi connectivity index (χ1n) is 9.88. The van der Waals surface area contributed by atoms with Crippen LogP contribution in [0.15, 0.2) is 30.3 Å². The first-order chi connectivity index (χ1) is 13.6. The van der Waals surface area contributed by atoms with Gasteiger partial charge in [-0.25, -0.2) is 0 Å². The zero-order valence-electron chi connectivity index (χ0n) is 16.8. The summed E-state index contributed by atoms with van der Waals surface area (Å²) in [7, 11) is -4.02. The standard InChI is InChI=1S/C21H25ClN2O4S/c1-4-16-12-19(24(23-16)17-7-5-6-15(22)11-17)28-29(26,27)13-21-9-8-14(10-18(21)25)20(21,2)3/h5-7,11-12,14H,4,8-10,13H2,1-3H3. The summed E-state index contributed by atoms with van der Waals surface area (Å²) in [5, 5.41) is 4.96. The van der Waals surface area contributed by atoms with Crippen LogP contribution in [0.1, 0.15) is 45.7 Å². The van der Waals surface area contributed by atoms with Gasteiger partial charge in [0.25, 0.3) is 0 Å². The molecule has 0 spiro atoms. The lowest BCUT2D eigenvalue weighted by Crippen LogP contribution is -2.43. The third kappa shape index (κ3) is 3.28. The second-order valence-corrected chi connectivity index (χ2v) is 10.7. The Morgan fingerprint density at radius 1 is 1.31 bits per heavy atom. The Kier molecular flexibility index (Phi) is 4.82. The Bertz CT molecular complexity index is 1080. The van der Waals surface area contributed by atoms with Gasteiger partial charge in [-0.1, -0.05) is 38.4 Å². The number of rotatable bonds is 6. The van der Waals surface area contributed by atoms with E-state index in [4.69, 9.17) is 15.8 Å². The second kappa shape index (κ2) is 6.84. The monoisotopic (exact) mass is 436 g/mol. The number of Topliss-reactive ketones (excluding diaryl/α,β-unsaturated/α-hetero) is 1. The molecule has 1 heterocycles. The van der Waals surface area contributed by atoms with E-state index in [2.05, 4.69) is 5.10 Å². The number of carbonyl (C=O) groups excluding carboxylic acids is 1. The molecule has 0 saturated heterocycles. The third-order valence-electron chi connectivity index (χ3n) is 6.92. The Morgan fingerprint density at radius 2 is 2.07 bits per heavy atom. The molecule has 2 saturated carbocycles. The molecule has 4 rings (SSSR count). The van der Waals surface area contributed by atoms with Crippen molar-refractivity contribution in [2.24, 2.45) is 16.7 Å². The molecular weight excluding hydrogens is 412 g/mol. The van der Waals surface area contributed by atoms with Crippen molar-refractivity contribution in [2.75, 3.05) is 5.75 Å². The first kappa shape index (κ1) is 20.4. The molecule has 1 aromatic heterocycles. The van der Waals surface area contributed by atoms with E-state index in [1.165, 1.54) is 4.68 Å². The average molecular weight is 437 g/mol. The zero-order valence-corrected chi connectivity index (χ0v) is 18.4. The number of nitrogens with zero attached hydrogens (tertiary/aromatic N) is 2. The summed E-state index contributed by atoms with van der Waals surface area (Å²) >= 11 is 6.09. The molecule has 0 N–H and O–H groups in total. The number of hydrogen-bond donors (Lipinski definition) is 0. The summed E-state index contributed by atoms with van der Waals surface area (Å²) in [4.78, 5) is 12.7. The number of ketones is 1. The van der Waals surface area contributed by atoms with Gasteiger partial charge in [0.1, 0.15) is 5.78 Å². The molecule has 0 amide bonds. The van der Waals surface area contributed by atoms with Crippen LogP contribution in [-0.2, 0) is 21.3 Å². The summed E-state index contributed by atoms with van der Waals surface area (Å²) < 4.78 is 33.1. The van der Waals surface area contributed by atoms with Gasteiger partial charge in [-0.05, 0) is 48.8 Å². The lowest BCUT2D eigenvalue weighted by Gasteiger charge is -2.35. The van der Waals surface area contributed by atoms with E-state index in [1.807, 2.05) is 20.8 Å². The van der Waals surface area contributed by atoms with Crippen LogP contribution >= 0.6 is 11.6 Å². The second-order valence-electron chi connectivity index (χ2n) is 8.67. The molecule has 156 valence electrons. The van der Waals surface area contributed by atoms with Gasteiger partial charge >= 0.3 is 10.1 Å². The van der Waals surface area contributed by atoms with Crippen LogP contribution in [0.2, 0.25) is 5.02 Å². The summed E-state index contributed by atoms with van der Waals surface area (Å²) in [6, 6.07) is 8.59. The van der Waals surface area contributed by atoms with E-state index in [0.29, 0.717) is 35.7 Å². The largest absolute Gasteiger partial charge is 0.361 e. The summed E-state index contributed by atoms with van der Waals surface area (Å²) in [6.07, 6.45) is 2.57. The van der Waals surface area contributed by atoms with Gasteiger partial charge in [0, 0.05) is 17.5 Å². The smallest absolute Gasteiger partial charge is 0.311 e. The topological polar surface area (TPSA) is 78.3 Å². The molecule has 2 aliphatic carbocycles. The number of carbonyl (C=O) groups is 1.